The summed E-state index contributed by atoms with van der Waals surface area (Å²) in [6.45, 7) is 1.61. The van der Waals surface area contributed by atoms with E-state index < -0.39 is 12.0 Å². The fourth-order valence-corrected chi connectivity index (χ4v) is 2.63. The number of carbonyl (C=O) groups excluding carboxylic acids is 2. The molecule has 7 heteroatoms. The third-order valence-corrected chi connectivity index (χ3v) is 4.06. The van der Waals surface area contributed by atoms with Crippen molar-refractivity contribution >= 4 is 39.3 Å². The summed E-state index contributed by atoms with van der Waals surface area (Å²) in [5.74, 6) is -0.164. The number of ether oxygens (including phenoxy) is 1. The Hall–Kier alpha value is -2.05. The lowest BCUT2D eigenvalue weighted by atomic mass is 10.1. The van der Waals surface area contributed by atoms with E-state index in [4.69, 9.17) is 16.3 Å². The molecule has 2 N–H and O–H groups in total. The Morgan fingerprint density at radius 3 is 2.64 bits per heavy atom. The molecular weight excluding hydrogens is 408 g/mol. The molecule has 0 radical (unpaired) electrons. The van der Waals surface area contributed by atoms with Gasteiger partial charge in [0.05, 0.1) is 0 Å². The fourth-order valence-electron chi connectivity index (χ4n) is 2.04. The lowest BCUT2D eigenvalue weighted by Crippen LogP contribution is -2.47. The van der Waals surface area contributed by atoms with Crippen LogP contribution in [0.5, 0.6) is 5.75 Å². The van der Waals surface area contributed by atoms with Crippen LogP contribution >= 0.6 is 27.5 Å². The minimum absolute atomic E-state index is 0.238. The smallest absolute Gasteiger partial charge is 0.279 e. The van der Waals surface area contributed by atoms with Crippen LogP contribution in [-0.4, -0.2) is 17.9 Å². The van der Waals surface area contributed by atoms with Crippen molar-refractivity contribution in [1.82, 2.24) is 10.9 Å². The van der Waals surface area contributed by atoms with Crippen LogP contribution in [-0.2, 0) is 16.0 Å². The van der Waals surface area contributed by atoms with Gasteiger partial charge in [-0.05, 0) is 49.2 Å². The first-order chi connectivity index (χ1) is 11.9. The Morgan fingerprint density at radius 1 is 1.16 bits per heavy atom. The largest absolute Gasteiger partial charge is 0.481 e. The first-order valence-electron chi connectivity index (χ1n) is 7.69. The molecule has 1 unspecified atom stereocenters. The summed E-state index contributed by atoms with van der Waals surface area (Å²) >= 11 is 9.23. The van der Waals surface area contributed by atoms with Crippen LogP contribution in [0.2, 0.25) is 5.02 Å². The van der Waals surface area contributed by atoms with Crippen LogP contribution in [0.25, 0.3) is 0 Å². The van der Waals surface area contributed by atoms with Gasteiger partial charge >= 0.3 is 0 Å². The molecule has 2 rings (SSSR count). The van der Waals surface area contributed by atoms with Crippen molar-refractivity contribution in [2.24, 2.45) is 0 Å². The molecular formula is C18H18BrClN2O3. The predicted octanol–water partition coefficient (Wildman–Crippen LogP) is 3.65. The quantitative estimate of drug-likeness (QED) is 0.694. The molecule has 0 aliphatic heterocycles. The zero-order valence-corrected chi connectivity index (χ0v) is 15.9. The van der Waals surface area contributed by atoms with E-state index in [2.05, 4.69) is 26.8 Å². The average Bonchev–Trinajstić information content (AvgIpc) is 2.58. The predicted molar refractivity (Wildman–Crippen MR) is 100 cm³/mol. The molecule has 2 aromatic rings. The Balaban J connectivity index is 1.74. The molecule has 0 spiro atoms. The first kappa shape index (κ1) is 19.3. The van der Waals surface area contributed by atoms with E-state index in [1.165, 1.54) is 0 Å². The molecule has 25 heavy (non-hydrogen) atoms. The van der Waals surface area contributed by atoms with Crippen molar-refractivity contribution in [1.29, 1.82) is 0 Å². The normalized spacial score (nSPS) is 11.5. The number of carbonyl (C=O) groups is 2. The van der Waals surface area contributed by atoms with Gasteiger partial charge < -0.3 is 4.74 Å². The summed E-state index contributed by atoms with van der Waals surface area (Å²) in [7, 11) is 0. The Bertz CT molecular complexity index is 755. The number of aryl methyl sites for hydroxylation is 1. The van der Waals surface area contributed by atoms with Crippen molar-refractivity contribution in [3.05, 3.63) is 63.6 Å². The Kier molecular flexibility index (Phi) is 7.28. The highest BCUT2D eigenvalue weighted by Crippen LogP contribution is 2.18. The summed E-state index contributed by atoms with van der Waals surface area (Å²) in [6.07, 6.45) is 0.0240. The molecule has 0 aromatic heterocycles. The highest BCUT2D eigenvalue weighted by atomic mass is 79.9. The lowest BCUT2D eigenvalue weighted by molar-refractivity contribution is -0.132. The minimum atomic E-state index is -0.748. The summed E-state index contributed by atoms with van der Waals surface area (Å²) < 4.78 is 6.38. The van der Waals surface area contributed by atoms with Gasteiger partial charge in [-0.2, -0.15) is 0 Å². The van der Waals surface area contributed by atoms with Crippen LogP contribution in [0, 0.1) is 0 Å². The summed E-state index contributed by atoms with van der Waals surface area (Å²) in [5, 5.41) is 0.629. The minimum Gasteiger partial charge on any atom is -0.481 e. The zero-order valence-electron chi connectivity index (χ0n) is 13.6. The summed E-state index contributed by atoms with van der Waals surface area (Å²) in [6, 6.07) is 14.5. The molecule has 0 bridgehead atoms. The zero-order chi connectivity index (χ0) is 18.2. The van der Waals surface area contributed by atoms with Crippen LogP contribution in [0.15, 0.2) is 53.0 Å². The first-order valence-corrected chi connectivity index (χ1v) is 8.86. The van der Waals surface area contributed by atoms with E-state index in [1.54, 1.807) is 31.2 Å². The highest BCUT2D eigenvalue weighted by molar-refractivity contribution is 9.10. The monoisotopic (exact) mass is 424 g/mol. The Morgan fingerprint density at radius 2 is 1.92 bits per heavy atom. The molecule has 0 fully saturated rings. The van der Waals surface area contributed by atoms with Gasteiger partial charge in [0, 0.05) is 15.9 Å². The van der Waals surface area contributed by atoms with E-state index in [0.717, 1.165) is 10.0 Å². The van der Waals surface area contributed by atoms with Crippen molar-refractivity contribution in [2.75, 3.05) is 0 Å². The van der Waals surface area contributed by atoms with Crippen LogP contribution in [0.1, 0.15) is 18.9 Å². The van der Waals surface area contributed by atoms with Crippen molar-refractivity contribution < 1.29 is 14.3 Å². The third kappa shape index (κ3) is 6.76. The fraction of sp³-hybridized carbons (Fsp3) is 0.222. The molecule has 0 saturated heterocycles. The van der Waals surface area contributed by atoms with Gasteiger partial charge in [0.1, 0.15) is 5.75 Å². The molecule has 1 atom stereocenters. The Labute approximate surface area is 159 Å². The van der Waals surface area contributed by atoms with Crippen LogP contribution in [0.4, 0.5) is 0 Å². The number of hydrazine groups is 1. The van der Waals surface area contributed by atoms with Gasteiger partial charge in [0.2, 0.25) is 5.91 Å². The van der Waals surface area contributed by atoms with Gasteiger partial charge in [-0.1, -0.05) is 45.7 Å². The van der Waals surface area contributed by atoms with Crippen molar-refractivity contribution in [2.45, 2.75) is 25.9 Å². The molecule has 5 nitrogen and oxygen atoms in total. The topological polar surface area (TPSA) is 67.4 Å². The van der Waals surface area contributed by atoms with Gasteiger partial charge in [-0.3, -0.25) is 20.4 Å². The van der Waals surface area contributed by atoms with Gasteiger partial charge in [-0.25, -0.2) is 0 Å². The maximum absolute atomic E-state index is 12.0. The molecule has 132 valence electrons. The number of rotatable bonds is 6. The van der Waals surface area contributed by atoms with E-state index >= 15 is 0 Å². The van der Waals surface area contributed by atoms with E-state index in [9.17, 15) is 9.59 Å². The molecule has 2 amide bonds. The van der Waals surface area contributed by atoms with Gasteiger partial charge in [0.15, 0.2) is 6.10 Å². The van der Waals surface area contributed by atoms with Crippen LogP contribution in [0.3, 0.4) is 0 Å². The van der Waals surface area contributed by atoms with Crippen molar-refractivity contribution in [3.63, 3.8) is 0 Å². The second kappa shape index (κ2) is 9.44. The average molecular weight is 426 g/mol. The standard InChI is InChI=1S/C18H18BrClN2O3/c1-12(25-16-7-3-5-14(19)11-16)18(24)22-21-17(23)9-8-13-4-2-6-15(20)10-13/h2-7,10-12H,8-9H2,1H3,(H,21,23)(H,22,24). The third-order valence-electron chi connectivity index (χ3n) is 3.33. The maximum Gasteiger partial charge on any atom is 0.279 e. The maximum atomic E-state index is 12.0. The van der Waals surface area contributed by atoms with E-state index in [1.807, 2.05) is 24.3 Å². The molecule has 0 aliphatic carbocycles. The van der Waals surface area contributed by atoms with Gasteiger partial charge in [0.25, 0.3) is 5.91 Å². The van der Waals surface area contributed by atoms with Gasteiger partial charge in [-0.15, -0.1) is 0 Å². The van der Waals surface area contributed by atoms with Crippen molar-refractivity contribution in [3.8, 4) is 5.75 Å². The number of nitrogens with one attached hydrogen (secondary N) is 2. The van der Waals surface area contributed by atoms with Crippen LogP contribution < -0.4 is 15.6 Å². The molecule has 0 heterocycles. The summed E-state index contributed by atoms with van der Waals surface area (Å²) in [5.41, 5.74) is 5.71. The second-order valence-corrected chi connectivity index (χ2v) is 6.74. The molecule has 2 aromatic carbocycles. The van der Waals surface area contributed by atoms with E-state index in [-0.39, 0.29) is 12.3 Å². The number of hydrogen-bond acceptors (Lipinski definition) is 3. The second-order valence-electron chi connectivity index (χ2n) is 5.38. The number of halogens is 2. The van der Waals surface area contributed by atoms with E-state index in [0.29, 0.717) is 17.2 Å². The number of hydrogen-bond donors (Lipinski definition) is 2. The molecule has 0 saturated carbocycles. The molecule has 0 aliphatic rings. The SMILES string of the molecule is CC(Oc1cccc(Br)c1)C(=O)NNC(=O)CCc1cccc(Cl)c1. The lowest BCUT2D eigenvalue weighted by Gasteiger charge is -2.15. The highest BCUT2D eigenvalue weighted by Gasteiger charge is 2.15. The number of benzene rings is 2. The number of amides is 2. The summed E-state index contributed by atoms with van der Waals surface area (Å²) in [4.78, 5) is 23.8.